The maximum absolute atomic E-state index is 3.78. The van der Waals surface area contributed by atoms with Crippen LogP contribution in [0.4, 0.5) is 11.4 Å². The molecule has 0 radical (unpaired) electrons. The van der Waals surface area contributed by atoms with Crippen molar-refractivity contribution in [2.45, 2.75) is 6.92 Å². The highest BCUT2D eigenvalue weighted by Crippen LogP contribution is 2.42. The van der Waals surface area contributed by atoms with Crippen molar-refractivity contribution in [2.75, 3.05) is 5.32 Å². The topological polar surface area (TPSA) is 17.0 Å². The lowest BCUT2D eigenvalue weighted by Crippen LogP contribution is -1.95. The Morgan fingerprint density at radius 1 is 0.344 bits per heavy atom. The fraction of sp³-hybridized carbons (Fsp3) is 0.0169. The lowest BCUT2D eigenvalue weighted by molar-refractivity contribution is 1.18. The van der Waals surface area contributed by atoms with Crippen LogP contribution in [0.3, 0.4) is 0 Å². The van der Waals surface area contributed by atoms with Crippen LogP contribution < -0.4 is 5.32 Å². The molecule has 2 nitrogen and oxygen atoms in total. The highest BCUT2D eigenvalue weighted by atomic mass is 15.0. The Kier molecular flexibility index (Phi) is 9.09. The summed E-state index contributed by atoms with van der Waals surface area (Å²) in [5.41, 5.74) is 18.9. The predicted octanol–water partition coefficient (Wildman–Crippen LogP) is 16.3. The van der Waals surface area contributed by atoms with E-state index in [0.717, 1.165) is 17.1 Å². The SMILES string of the molecule is Cc1ccc(-c2cccc3cccc(-c4ccc5c(c4)c4ccccc4n5-c4cccc(-c5ccccc5)c4)c23)cc1-c1ccccc1Nc1cccc(-c2ccccc2)c1. The number of nitrogens with one attached hydrogen (secondary N) is 1. The molecule has 0 unspecified atom stereocenters. The molecule has 0 atom stereocenters. The van der Waals surface area contributed by atoms with E-state index in [2.05, 4.69) is 247 Å². The fourth-order valence-electron chi connectivity index (χ4n) is 9.17. The van der Waals surface area contributed by atoms with Gasteiger partial charge in [-0.15, -0.1) is 0 Å². The number of benzene rings is 10. The Bertz CT molecular complexity index is 3390. The first-order chi connectivity index (χ1) is 30.2. The van der Waals surface area contributed by atoms with Crippen LogP contribution in [0, 0.1) is 6.92 Å². The van der Waals surface area contributed by atoms with Gasteiger partial charge in [0.15, 0.2) is 0 Å². The molecule has 0 saturated heterocycles. The molecule has 0 saturated carbocycles. The van der Waals surface area contributed by atoms with Crippen molar-refractivity contribution in [2.24, 2.45) is 0 Å². The minimum absolute atomic E-state index is 1.06. The second-order valence-corrected chi connectivity index (χ2v) is 15.9. The van der Waals surface area contributed by atoms with Gasteiger partial charge in [0, 0.05) is 33.4 Å². The highest BCUT2D eigenvalue weighted by molar-refractivity contribution is 6.13. The molecule has 1 heterocycles. The molecule has 0 amide bonds. The van der Waals surface area contributed by atoms with Crippen molar-refractivity contribution in [3.8, 4) is 61.3 Å². The van der Waals surface area contributed by atoms with Crippen LogP contribution in [-0.2, 0) is 0 Å². The molecule has 0 aliphatic rings. The zero-order chi connectivity index (χ0) is 40.7. The van der Waals surface area contributed by atoms with Gasteiger partial charge in [-0.3, -0.25) is 0 Å². The second kappa shape index (κ2) is 15.3. The smallest absolute Gasteiger partial charge is 0.0541 e. The predicted molar refractivity (Wildman–Crippen MR) is 260 cm³/mol. The van der Waals surface area contributed by atoms with Crippen molar-refractivity contribution >= 4 is 44.0 Å². The zero-order valence-corrected chi connectivity index (χ0v) is 33.9. The number of hydrogen-bond acceptors (Lipinski definition) is 1. The van der Waals surface area contributed by atoms with Crippen molar-refractivity contribution < 1.29 is 0 Å². The number of fused-ring (bicyclic) bond motifs is 4. The molecule has 11 aromatic rings. The van der Waals surface area contributed by atoms with Gasteiger partial charge in [-0.1, -0.05) is 176 Å². The van der Waals surface area contributed by atoms with Crippen LogP contribution >= 0.6 is 0 Å². The van der Waals surface area contributed by atoms with Crippen LogP contribution in [0.5, 0.6) is 0 Å². The Hall–Kier alpha value is -7.94. The normalized spacial score (nSPS) is 11.4. The lowest BCUT2D eigenvalue weighted by Gasteiger charge is -2.17. The molecule has 0 bridgehead atoms. The molecule has 1 aromatic heterocycles. The summed E-state index contributed by atoms with van der Waals surface area (Å²) >= 11 is 0. The van der Waals surface area contributed by atoms with E-state index >= 15 is 0 Å². The second-order valence-electron chi connectivity index (χ2n) is 15.9. The van der Waals surface area contributed by atoms with E-state index in [4.69, 9.17) is 0 Å². The van der Waals surface area contributed by atoms with Crippen LogP contribution in [0.2, 0.25) is 0 Å². The van der Waals surface area contributed by atoms with E-state index in [1.807, 2.05) is 0 Å². The van der Waals surface area contributed by atoms with Crippen LogP contribution in [0.1, 0.15) is 5.56 Å². The Morgan fingerprint density at radius 2 is 0.918 bits per heavy atom. The number of anilines is 2. The largest absolute Gasteiger partial charge is 0.355 e. The van der Waals surface area contributed by atoms with Gasteiger partial charge >= 0.3 is 0 Å². The molecule has 0 aliphatic carbocycles. The van der Waals surface area contributed by atoms with Gasteiger partial charge in [0.1, 0.15) is 0 Å². The van der Waals surface area contributed by atoms with E-state index in [1.54, 1.807) is 0 Å². The molecule has 2 heteroatoms. The molecule has 0 spiro atoms. The number of aromatic nitrogens is 1. The summed E-state index contributed by atoms with van der Waals surface area (Å²) in [7, 11) is 0. The maximum Gasteiger partial charge on any atom is 0.0541 e. The first-order valence-electron chi connectivity index (χ1n) is 21.0. The van der Waals surface area contributed by atoms with Crippen molar-refractivity contribution in [1.29, 1.82) is 0 Å². The van der Waals surface area contributed by atoms with Crippen molar-refractivity contribution in [3.05, 3.63) is 236 Å². The van der Waals surface area contributed by atoms with Crippen LogP contribution in [-0.4, -0.2) is 4.57 Å². The molecule has 1 N–H and O–H groups in total. The zero-order valence-electron chi connectivity index (χ0n) is 33.9. The molecule has 0 aliphatic heterocycles. The van der Waals surface area contributed by atoms with Gasteiger partial charge in [-0.05, 0) is 128 Å². The quantitative estimate of drug-likeness (QED) is 0.163. The summed E-state index contributed by atoms with van der Waals surface area (Å²) in [5, 5.41) is 8.73. The molecule has 11 rings (SSSR count). The van der Waals surface area contributed by atoms with E-state index in [0.29, 0.717) is 0 Å². The van der Waals surface area contributed by atoms with Gasteiger partial charge in [0.25, 0.3) is 0 Å². The van der Waals surface area contributed by atoms with E-state index < -0.39 is 0 Å². The highest BCUT2D eigenvalue weighted by Gasteiger charge is 2.17. The summed E-state index contributed by atoms with van der Waals surface area (Å²) in [5.74, 6) is 0. The standard InChI is InChI=1S/C59H42N2/c1-40-32-33-46(38-54(40)52-26-8-10-30-56(52)60-48-24-12-22-44(36-48)41-16-4-2-5-17-41)50-28-14-20-43-21-15-29-51(59(43)50)47-34-35-58-55(39-47)53-27-9-11-31-57(53)61(58)49-25-13-23-45(37-49)42-18-6-3-7-19-42/h2-39,60H,1H3. The fourth-order valence-corrected chi connectivity index (χ4v) is 9.17. The molecular weight excluding hydrogens is 737 g/mol. The molecular formula is C59H42N2. The Labute approximate surface area is 356 Å². The molecule has 288 valence electrons. The van der Waals surface area contributed by atoms with Gasteiger partial charge in [0.05, 0.1) is 11.0 Å². The average molecular weight is 779 g/mol. The minimum Gasteiger partial charge on any atom is -0.355 e. The number of rotatable bonds is 8. The Balaban J connectivity index is 1.01. The lowest BCUT2D eigenvalue weighted by atomic mass is 9.89. The summed E-state index contributed by atoms with van der Waals surface area (Å²) in [4.78, 5) is 0. The monoisotopic (exact) mass is 778 g/mol. The molecule has 10 aromatic carbocycles. The van der Waals surface area contributed by atoms with E-state index in [-0.39, 0.29) is 0 Å². The maximum atomic E-state index is 3.78. The Morgan fingerprint density at radius 3 is 1.69 bits per heavy atom. The van der Waals surface area contributed by atoms with Crippen molar-refractivity contribution in [1.82, 2.24) is 4.57 Å². The minimum atomic E-state index is 1.06. The van der Waals surface area contributed by atoms with Crippen LogP contribution in [0.25, 0.3) is 93.9 Å². The third-order valence-electron chi connectivity index (χ3n) is 12.1. The number of hydrogen-bond donors (Lipinski definition) is 1. The summed E-state index contributed by atoms with van der Waals surface area (Å²) < 4.78 is 2.41. The van der Waals surface area contributed by atoms with Crippen molar-refractivity contribution in [3.63, 3.8) is 0 Å². The summed E-state index contributed by atoms with van der Waals surface area (Å²) in [6, 6.07) is 83.6. The number of nitrogens with zero attached hydrogens (tertiary/aromatic N) is 1. The van der Waals surface area contributed by atoms with E-state index in [9.17, 15) is 0 Å². The average Bonchev–Trinajstić information content (AvgIpc) is 3.66. The summed E-state index contributed by atoms with van der Waals surface area (Å²) in [6.45, 7) is 2.21. The summed E-state index contributed by atoms with van der Waals surface area (Å²) in [6.07, 6.45) is 0. The molecule has 0 fully saturated rings. The van der Waals surface area contributed by atoms with E-state index in [1.165, 1.54) is 93.8 Å². The van der Waals surface area contributed by atoms with Gasteiger partial charge in [-0.25, -0.2) is 0 Å². The number of para-hydroxylation sites is 2. The third-order valence-corrected chi connectivity index (χ3v) is 12.1. The van der Waals surface area contributed by atoms with Gasteiger partial charge < -0.3 is 9.88 Å². The first-order valence-corrected chi connectivity index (χ1v) is 21.0. The van der Waals surface area contributed by atoms with Crippen LogP contribution in [0.15, 0.2) is 231 Å². The third kappa shape index (κ3) is 6.65. The number of aryl methyl sites for hydroxylation is 1. The van der Waals surface area contributed by atoms with Gasteiger partial charge in [0.2, 0.25) is 0 Å². The first kappa shape index (κ1) is 36.2. The van der Waals surface area contributed by atoms with Gasteiger partial charge in [-0.2, -0.15) is 0 Å². The molecule has 61 heavy (non-hydrogen) atoms.